The van der Waals surface area contributed by atoms with Gasteiger partial charge < -0.3 is 4.74 Å². The van der Waals surface area contributed by atoms with E-state index in [1.165, 1.54) is 12.7 Å². The van der Waals surface area contributed by atoms with Crippen LogP contribution < -0.4 is 4.72 Å². The summed E-state index contributed by atoms with van der Waals surface area (Å²) in [6.45, 7) is 2.76. The molecule has 0 fully saturated rings. The van der Waals surface area contributed by atoms with Crippen LogP contribution in [0.15, 0.2) is 29.2 Å². The fourth-order valence-electron chi connectivity index (χ4n) is 1.94. The zero-order chi connectivity index (χ0) is 15.5. The second-order valence-electron chi connectivity index (χ2n) is 5.07. The molecule has 4 nitrogen and oxygen atoms in total. The van der Waals surface area contributed by atoms with Crippen molar-refractivity contribution in [1.82, 2.24) is 4.72 Å². The number of ether oxygens (including phenoxy) is 1. The average molecular weight is 311 g/mol. The molecule has 0 aliphatic carbocycles. The van der Waals surface area contributed by atoms with Gasteiger partial charge in [-0.1, -0.05) is 37.0 Å². The minimum Gasteiger partial charge on any atom is -0.469 e. The summed E-state index contributed by atoms with van der Waals surface area (Å²) in [5.41, 5.74) is 1.17. The van der Waals surface area contributed by atoms with Gasteiger partial charge in [-0.3, -0.25) is 4.79 Å². The van der Waals surface area contributed by atoms with E-state index in [2.05, 4.69) is 9.46 Å². The highest BCUT2D eigenvalue weighted by Gasteiger charge is 2.02. The number of hydrogen-bond donors (Lipinski definition) is 1. The lowest BCUT2D eigenvalue weighted by molar-refractivity contribution is -0.140. The Kier molecular flexibility index (Phi) is 8.94. The highest BCUT2D eigenvalue weighted by molar-refractivity contribution is 7.83. The molecule has 5 heteroatoms. The Labute approximate surface area is 129 Å². The molecule has 1 N–H and O–H groups in total. The van der Waals surface area contributed by atoms with Crippen molar-refractivity contribution in [2.75, 3.05) is 13.7 Å². The minimum absolute atomic E-state index is 0.134. The van der Waals surface area contributed by atoms with Gasteiger partial charge in [-0.15, -0.1) is 0 Å². The molecule has 0 saturated carbocycles. The lowest BCUT2D eigenvalue weighted by Gasteiger charge is -2.05. The molecule has 0 amide bonds. The number of nitrogens with one attached hydrogen (secondary N) is 1. The van der Waals surface area contributed by atoms with Crippen molar-refractivity contribution in [3.8, 4) is 0 Å². The van der Waals surface area contributed by atoms with Crippen LogP contribution >= 0.6 is 0 Å². The number of carbonyl (C=O) groups excluding carboxylic acids is 1. The quantitative estimate of drug-likeness (QED) is 0.533. The monoisotopic (exact) mass is 311 g/mol. The van der Waals surface area contributed by atoms with Crippen molar-refractivity contribution >= 4 is 17.0 Å². The highest BCUT2D eigenvalue weighted by atomic mass is 32.2. The fourth-order valence-corrected chi connectivity index (χ4v) is 2.82. The van der Waals surface area contributed by atoms with Crippen LogP contribution in [0.25, 0.3) is 0 Å². The number of methoxy groups -OCH3 is 1. The lowest BCUT2D eigenvalue weighted by atomic mass is 10.1. The summed E-state index contributed by atoms with van der Waals surface area (Å²) in [5.74, 6) is -0.134. The first kappa shape index (κ1) is 17.9. The third kappa shape index (κ3) is 7.97. The van der Waals surface area contributed by atoms with Gasteiger partial charge in [0.05, 0.1) is 12.0 Å². The number of aryl methyl sites for hydroxylation is 1. The van der Waals surface area contributed by atoms with Crippen molar-refractivity contribution < 1.29 is 13.7 Å². The van der Waals surface area contributed by atoms with E-state index < -0.39 is 11.0 Å². The summed E-state index contributed by atoms with van der Waals surface area (Å²) >= 11 is 0. The van der Waals surface area contributed by atoms with E-state index >= 15 is 0 Å². The SMILES string of the molecule is COC(=O)CCCCCCCNS(=O)c1ccc(C)cc1. The van der Waals surface area contributed by atoms with Crippen molar-refractivity contribution in [3.05, 3.63) is 29.8 Å². The second-order valence-corrected chi connectivity index (χ2v) is 6.37. The number of unbranched alkanes of at least 4 members (excludes halogenated alkanes) is 4. The number of benzene rings is 1. The van der Waals surface area contributed by atoms with Gasteiger partial charge >= 0.3 is 5.97 Å². The summed E-state index contributed by atoms with van der Waals surface area (Å²) in [4.78, 5) is 11.7. The number of hydrogen-bond acceptors (Lipinski definition) is 3. The predicted octanol–water partition coefficient (Wildman–Crippen LogP) is 3.12. The van der Waals surface area contributed by atoms with Crippen LogP contribution in [0.5, 0.6) is 0 Å². The fraction of sp³-hybridized carbons (Fsp3) is 0.562. The Bertz CT molecular complexity index is 445. The molecule has 21 heavy (non-hydrogen) atoms. The van der Waals surface area contributed by atoms with Crippen LogP contribution in [0.3, 0.4) is 0 Å². The van der Waals surface area contributed by atoms with Crippen LogP contribution in [-0.4, -0.2) is 23.8 Å². The van der Waals surface area contributed by atoms with E-state index in [4.69, 9.17) is 0 Å². The number of carbonyl (C=O) groups is 1. The predicted molar refractivity (Wildman–Crippen MR) is 85.3 cm³/mol. The largest absolute Gasteiger partial charge is 0.469 e. The van der Waals surface area contributed by atoms with Crippen molar-refractivity contribution in [2.45, 2.75) is 50.3 Å². The third-order valence-electron chi connectivity index (χ3n) is 3.25. The van der Waals surface area contributed by atoms with E-state index in [-0.39, 0.29) is 5.97 Å². The Morgan fingerprint density at radius 3 is 2.38 bits per heavy atom. The van der Waals surface area contributed by atoms with Gasteiger partial charge in [0.15, 0.2) is 0 Å². The molecule has 0 spiro atoms. The van der Waals surface area contributed by atoms with Crippen LogP contribution in [0.1, 0.15) is 44.1 Å². The van der Waals surface area contributed by atoms with Crippen molar-refractivity contribution in [1.29, 1.82) is 0 Å². The molecule has 0 radical (unpaired) electrons. The highest BCUT2D eigenvalue weighted by Crippen LogP contribution is 2.08. The third-order valence-corrected chi connectivity index (χ3v) is 4.42. The molecule has 0 heterocycles. The topological polar surface area (TPSA) is 55.4 Å². The molecule has 118 valence electrons. The smallest absolute Gasteiger partial charge is 0.305 e. The first-order chi connectivity index (χ1) is 10.1. The molecular weight excluding hydrogens is 286 g/mol. The Morgan fingerprint density at radius 2 is 1.71 bits per heavy atom. The van der Waals surface area contributed by atoms with Crippen LogP contribution in [0.2, 0.25) is 0 Å². The summed E-state index contributed by atoms with van der Waals surface area (Å²) in [7, 11) is 0.300. The normalized spacial score (nSPS) is 12.1. The van der Waals surface area contributed by atoms with Gasteiger partial charge in [-0.25, -0.2) is 8.93 Å². The molecule has 0 aromatic heterocycles. The summed E-state index contributed by atoms with van der Waals surface area (Å²) in [6, 6.07) is 7.73. The maximum Gasteiger partial charge on any atom is 0.305 e. The van der Waals surface area contributed by atoms with Crippen LogP contribution in [-0.2, 0) is 20.5 Å². The Morgan fingerprint density at radius 1 is 1.10 bits per heavy atom. The van der Waals surface area contributed by atoms with Gasteiger partial charge in [0.1, 0.15) is 11.0 Å². The maximum absolute atomic E-state index is 11.9. The Balaban J connectivity index is 2.02. The maximum atomic E-state index is 11.9. The number of esters is 1. The second kappa shape index (κ2) is 10.5. The standard InChI is InChI=1S/C16H25NO3S/c1-14-9-11-15(12-10-14)21(19)17-13-7-5-3-4-6-8-16(18)20-2/h9-12,17H,3-8,13H2,1-2H3. The van der Waals surface area contributed by atoms with Gasteiger partial charge in [-0.05, 0) is 31.9 Å². The molecule has 0 aliphatic heterocycles. The Hall–Kier alpha value is -1.20. The summed E-state index contributed by atoms with van der Waals surface area (Å²) in [5, 5.41) is 0. The van der Waals surface area contributed by atoms with E-state index in [1.54, 1.807) is 0 Å². The van der Waals surface area contributed by atoms with Gasteiger partial charge in [-0.2, -0.15) is 0 Å². The van der Waals surface area contributed by atoms with E-state index in [0.717, 1.165) is 43.5 Å². The zero-order valence-electron chi connectivity index (χ0n) is 12.9. The molecule has 1 unspecified atom stereocenters. The molecule has 0 saturated heterocycles. The van der Waals surface area contributed by atoms with Gasteiger partial charge in [0, 0.05) is 13.0 Å². The summed E-state index contributed by atoms with van der Waals surface area (Å²) < 4.78 is 19.6. The first-order valence-corrected chi connectivity index (χ1v) is 8.57. The van der Waals surface area contributed by atoms with E-state index in [1.807, 2.05) is 31.2 Å². The molecule has 0 aliphatic rings. The van der Waals surface area contributed by atoms with Gasteiger partial charge in [0.25, 0.3) is 0 Å². The first-order valence-electron chi connectivity index (χ1n) is 7.42. The van der Waals surface area contributed by atoms with Crippen LogP contribution in [0, 0.1) is 6.92 Å². The minimum atomic E-state index is -1.12. The molecule has 1 aromatic rings. The summed E-state index contributed by atoms with van der Waals surface area (Å²) in [6.07, 6.45) is 5.60. The molecule has 1 rings (SSSR count). The van der Waals surface area contributed by atoms with Gasteiger partial charge in [0.2, 0.25) is 0 Å². The van der Waals surface area contributed by atoms with Crippen molar-refractivity contribution in [2.24, 2.45) is 0 Å². The molecular formula is C16H25NO3S. The van der Waals surface area contributed by atoms with E-state index in [0.29, 0.717) is 6.42 Å². The van der Waals surface area contributed by atoms with E-state index in [9.17, 15) is 9.00 Å². The molecule has 1 aromatic carbocycles. The average Bonchev–Trinajstić information content (AvgIpc) is 2.50. The lowest BCUT2D eigenvalue weighted by Crippen LogP contribution is -2.18. The molecule has 0 bridgehead atoms. The molecule has 1 atom stereocenters. The number of rotatable bonds is 10. The zero-order valence-corrected chi connectivity index (χ0v) is 13.7. The van der Waals surface area contributed by atoms with Crippen LogP contribution in [0.4, 0.5) is 0 Å². The van der Waals surface area contributed by atoms with Crippen molar-refractivity contribution in [3.63, 3.8) is 0 Å².